The molecule has 124 valence electrons. The van der Waals surface area contributed by atoms with Gasteiger partial charge in [0, 0.05) is 44.3 Å². The van der Waals surface area contributed by atoms with Gasteiger partial charge in [-0.25, -0.2) is 0 Å². The quantitative estimate of drug-likeness (QED) is 0.712. The number of hydrogen-bond acceptors (Lipinski definition) is 4. The van der Waals surface area contributed by atoms with Gasteiger partial charge in [0.15, 0.2) is 0 Å². The minimum absolute atomic E-state index is 0.166. The summed E-state index contributed by atoms with van der Waals surface area (Å²) in [5, 5.41) is 4.37. The summed E-state index contributed by atoms with van der Waals surface area (Å²) < 4.78 is 8.52. The molecule has 3 aromatic heterocycles. The topological polar surface area (TPSA) is 30.3 Å². The van der Waals surface area contributed by atoms with Gasteiger partial charge < -0.3 is 9.30 Å². The van der Waals surface area contributed by atoms with E-state index < -0.39 is 0 Å². The predicted molar refractivity (Wildman–Crippen MR) is 95.7 cm³/mol. The number of ether oxygens (including phenoxy) is 1. The van der Waals surface area contributed by atoms with E-state index in [1.165, 1.54) is 11.3 Å². The summed E-state index contributed by atoms with van der Waals surface area (Å²) in [5.74, 6) is 0. The number of hydrogen-bond donors (Lipinski definition) is 0. The number of fused-ring (bicyclic) bond motifs is 1. The van der Waals surface area contributed by atoms with E-state index in [0.29, 0.717) is 6.61 Å². The van der Waals surface area contributed by atoms with E-state index in [9.17, 15) is 0 Å². The number of aromatic nitrogens is 2. The molecule has 3 aromatic rings. The Balaban J connectivity index is 1.46. The molecule has 0 spiro atoms. The maximum atomic E-state index is 6.20. The summed E-state index contributed by atoms with van der Waals surface area (Å²) in [6.45, 7) is 4.33. The molecular weight excluding hydrogens is 318 g/mol. The van der Waals surface area contributed by atoms with Crippen LogP contribution in [0.2, 0.25) is 0 Å². The summed E-state index contributed by atoms with van der Waals surface area (Å²) in [4.78, 5) is 6.83. The van der Waals surface area contributed by atoms with Crippen molar-refractivity contribution in [2.75, 3.05) is 6.54 Å². The molecule has 0 aliphatic carbocycles. The highest BCUT2D eigenvalue weighted by atomic mass is 32.1. The van der Waals surface area contributed by atoms with Crippen molar-refractivity contribution in [1.29, 1.82) is 0 Å². The Hall–Kier alpha value is -1.95. The molecule has 4 rings (SSSR count). The molecule has 24 heavy (non-hydrogen) atoms. The molecule has 0 amide bonds. The third kappa shape index (κ3) is 3.75. The number of nitrogens with zero attached hydrogens (tertiary/aromatic N) is 3. The van der Waals surface area contributed by atoms with Crippen molar-refractivity contribution >= 4 is 11.3 Å². The van der Waals surface area contributed by atoms with E-state index in [2.05, 4.69) is 49.6 Å². The van der Waals surface area contributed by atoms with Crippen LogP contribution in [0.3, 0.4) is 0 Å². The Morgan fingerprint density at radius 3 is 3.00 bits per heavy atom. The van der Waals surface area contributed by atoms with E-state index in [0.717, 1.165) is 31.9 Å². The molecule has 1 atom stereocenters. The molecule has 0 unspecified atom stereocenters. The lowest BCUT2D eigenvalue weighted by Gasteiger charge is -2.23. The lowest BCUT2D eigenvalue weighted by Crippen LogP contribution is -2.32. The van der Waals surface area contributed by atoms with Gasteiger partial charge in [-0.3, -0.25) is 9.88 Å². The van der Waals surface area contributed by atoms with Gasteiger partial charge in [-0.1, -0.05) is 6.07 Å². The largest absolute Gasteiger partial charge is 0.369 e. The molecule has 5 heteroatoms. The fourth-order valence-corrected chi connectivity index (χ4v) is 3.84. The number of thiophene rings is 1. The van der Waals surface area contributed by atoms with Crippen molar-refractivity contribution in [2.24, 2.45) is 0 Å². The summed E-state index contributed by atoms with van der Waals surface area (Å²) in [5.41, 5.74) is 3.72. The van der Waals surface area contributed by atoms with Crippen LogP contribution in [0.1, 0.15) is 17.0 Å². The first kappa shape index (κ1) is 15.6. The molecule has 1 aliphatic rings. The first-order valence-electron chi connectivity index (χ1n) is 8.26. The van der Waals surface area contributed by atoms with Crippen molar-refractivity contribution < 1.29 is 4.74 Å². The zero-order valence-corrected chi connectivity index (χ0v) is 14.4. The summed E-state index contributed by atoms with van der Waals surface area (Å²) in [7, 11) is 0. The molecule has 0 radical (unpaired) electrons. The van der Waals surface area contributed by atoms with Crippen molar-refractivity contribution in [1.82, 2.24) is 14.5 Å². The lowest BCUT2D eigenvalue weighted by molar-refractivity contribution is 0.00727. The van der Waals surface area contributed by atoms with Gasteiger partial charge in [0.1, 0.15) is 0 Å². The van der Waals surface area contributed by atoms with Crippen LogP contribution in [0.4, 0.5) is 0 Å². The Bertz CT molecular complexity index is 754. The fraction of sp³-hybridized carbons (Fsp3) is 0.316. The molecule has 0 fully saturated rings. The van der Waals surface area contributed by atoms with Crippen molar-refractivity contribution in [3.05, 3.63) is 76.5 Å². The average Bonchev–Trinajstić information content (AvgIpc) is 3.23. The van der Waals surface area contributed by atoms with Crippen molar-refractivity contribution in [3.8, 4) is 0 Å². The Labute approximate surface area is 146 Å². The predicted octanol–water partition coefficient (Wildman–Crippen LogP) is 3.55. The summed E-state index contributed by atoms with van der Waals surface area (Å²) in [6.07, 6.45) is 4.14. The van der Waals surface area contributed by atoms with Crippen LogP contribution in [0.5, 0.6) is 0 Å². The highest BCUT2D eigenvalue weighted by Gasteiger charge is 2.22. The number of rotatable bonds is 5. The lowest BCUT2D eigenvalue weighted by atomic mass is 10.2. The van der Waals surface area contributed by atoms with Gasteiger partial charge in [0.2, 0.25) is 0 Å². The Morgan fingerprint density at radius 2 is 2.17 bits per heavy atom. The van der Waals surface area contributed by atoms with Crippen LogP contribution < -0.4 is 0 Å². The zero-order valence-electron chi connectivity index (χ0n) is 13.5. The van der Waals surface area contributed by atoms with Crippen LogP contribution in [-0.4, -0.2) is 27.1 Å². The molecule has 4 heterocycles. The van der Waals surface area contributed by atoms with E-state index in [1.54, 1.807) is 11.3 Å². The second-order valence-electron chi connectivity index (χ2n) is 6.21. The monoisotopic (exact) mass is 339 g/mol. The van der Waals surface area contributed by atoms with E-state index >= 15 is 0 Å². The Morgan fingerprint density at radius 1 is 1.17 bits per heavy atom. The second kappa shape index (κ2) is 7.30. The second-order valence-corrected chi connectivity index (χ2v) is 6.99. The smallest absolute Gasteiger partial charge is 0.0893 e. The first-order chi connectivity index (χ1) is 11.9. The fourth-order valence-electron chi connectivity index (χ4n) is 3.18. The van der Waals surface area contributed by atoms with E-state index in [-0.39, 0.29) is 6.10 Å². The molecule has 0 saturated heterocycles. The minimum Gasteiger partial charge on any atom is -0.369 e. The maximum Gasteiger partial charge on any atom is 0.0893 e. The van der Waals surface area contributed by atoms with Crippen molar-refractivity contribution in [2.45, 2.75) is 32.3 Å². The molecule has 0 N–H and O–H groups in total. The standard InChI is InChI=1S/C19H21N3OS/c1-2-7-20-17(4-1)14-23-19-12-21(10-16-6-9-24-15-16)11-18-5-3-8-22(18)13-19/h1-9,15,19H,10-14H2/t19-/m0/s1. The Kier molecular flexibility index (Phi) is 4.74. The number of pyridine rings is 1. The van der Waals surface area contributed by atoms with Crippen LogP contribution in [0, 0.1) is 0 Å². The SMILES string of the molecule is c1ccc(CO[C@H]2CN(Cc3ccsc3)Cc3cccn3C2)nc1. The van der Waals surface area contributed by atoms with Gasteiger partial charge in [-0.15, -0.1) is 0 Å². The van der Waals surface area contributed by atoms with Gasteiger partial charge >= 0.3 is 0 Å². The average molecular weight is 339 g/mol. The zero-order chi connectivity index (χ0) is 16.2. The van der Waals surface area contributed by atoms with E-state index in [1.807, 2.05) is 24.4 Å². The summed E-state index contributed by atoms with van der Waals surface area (Å²) >= 11 is 1.76. The van der Waals surface area contributed by atoms with Crippen molar-refractivity contribution in [3.63, 3.8) is 0 Å². The van der Waals surface area contributed by atoms with Gasteiger partial charge in [-0.05, 0) is 46.7 Å². The van der Waals surface area contributed by atoms with E-state index in [4.69, 9.17) is 4.74 Å². The molecule has 0 aromatic carbocycles. The first-order valence-corrected chi connectivity index (χ1v) is 9.20. The molecular formula is C19H21N3OS. The summed E-state index contributed by atoms with van der Waals surface area (Å²) in [6, 6.07) is 12.5. The highest BCUT2D eigenvalue weighted by molar-refractivity contribution is 7.07. The maximum absolute atomic E-state index is 6.20. The third-order valence-corrected chi connectivity index (χ3v) is 5.08. The van der Waals surface area contributed by atoms with Crippen LogP contribution in [0.25, 0.3) is 0 Å². The van der Waals surface area contributed by atoms with Crippen LogP contribution in [-0.2, 0) is 31.0 Å². The highest BCUT2D eigenvalue weighted by Crippen LogP contribution is 2.19. The van der Waals surface area contributed by atoms with Gasteiger partial charge in [-0.2, -0.15) is 11.3 Å². The third-order valence-electron chi connectivity index (χ3n) is 4.35. The molecule has 4 nitrogen and oxygen atoms in total. The van der Waals surface area contributed by atoms with Crippen LogP contribution >= 0.6 is 11.3 Å². The molecule has 0 bridgehead atoms. The molecule has 0 saturated carbocycles. The van der Waals surface area contributed by atoms with Gasteiger partial charge in [0.05, 0.1) is 18.4 Å². The normalized spacial score (nSPS) is 18.2. The minimum atomic E-state index is 0.166. The van der Waals surface area contributed by atoms with Crippen LogP contribution in [0.15, 0.2) is 59.6 Å². The van der Waals surface area contributed by atoms with Gasteiger partial charge in [0.25, 0.3) is 0 Å². The molecule has 1 aliphatic heterocycles.